The maximum Gasteiger partial charge on any atom is 0.284 e. The summed E-state index contributed by atoms with van der Waals surface area (Å²) in [4.78, 5) is 33.7. The number of nitro benzene ring substituents is 1. The first kappa shape index (κ1) is 18.3. The van der Waals surface area contributed by atoms with Crippen molar-refractivity contribution in [3.05, 3.63) is 68.7 Å². The molecule has 2 aromatic carbocycles. The molecule has 2 rings (SSSR count). The van der Waals surface area contributed by atoms with Crippen LogP contribution in [0.1, 0.15) is 12.0 Å². The summed E-state index contributed by atoms with van der Waals surface area (Å²) in [5, 5.41) is 17.1. The van der Waals surface area contributed by atoms with E-state index in [0.29, 0.717) is 15.7 Å². The Bertz CT molecular complexity index is 824. The highest BCUT2D eigenvalue weighted by molar-refractivity contribution is 9.10. The molecule has 9 heteroatoms. The van der Waals surface area contributed by atoms with Crippen LogP contribution in [0, 0.1) is 10.1 Å². The summed E-state index contributed by atoms with van der Waals surface area (Å²) in [7, 11) is 0. The number of nitrogens with zero attached hydrogens (tertiary/aromatic N) is 2. The molecular formula is C16H13BrN4O4. The van der Waals surface area contributed by atoms with E-state index >= 15 is 0 Å². The molecule has 0 heterocycles. The Balaban J connectivity index is 1.87. The Hall–Kier alpha value is -3.07. The molecule has 0 radical (unpaired) electrons. The van der Waals surface area contributed by atoms with E-state index in [1.54, 1.807) is 30.3 Å². The normalized spacial score (nSPS) is 10.4. The molecule has 0 saturated heterocycles. The van der Waals surface area contributed by atoms with Gasteiger partial charge in [0.2, 0.25) is 11.8 Å². The Kier molecular flexibility index (Phi) is 6.35. The summed E-state index contributed by atoms with van der Waals surface area (Å²) in [6.45, 7) is 0. The number of hydrazone groups is 1. The molecule has 2 aromatic rings. The molecule has 0 aliphatic carbocycles. The van der Waals surface area contributed by atoms with Crippen LogP contribution in [0.2, 0.25) is 0 Å². The van der Waals surface area contributed by atoms with Gasteiger partial charge in [0, 0.05) is 17.3 Å². The minimum Gasteiger partial charge on any atom is -0.326 e. The lowest BCUT2D eigenvalue weighted by Gasteiger charge is -2.03. The summed E-state index contributed by atoms with van der Waals surface area (Å²) in [6.07, 6.45) is 0.860. The topological polar surface area (TPSA) is 114 Å². The van der Waals surface area contributed by atoms with Gasteiger partial charge in [-0.15, -0.1) is 0 Å². The lowest BCUT2D eigenvalue weighted by Crippen LogP contribution is -2.24. The largest absolute Gasteiger partial charge is 0.326 e. The smallest absolute Gasteiger partial charge is 0.284 e. The maximum absolute atomic E-state index is 11.7. The number of nitrogens with one attached hydrogen (secondary N) is 2. The van der Waals surface area contributed by atoms with E-state index < -0.39 is 23.2 Å². The lowest BCUT2D eigenvalue weighted by molar-refractivity contribution is -0.385. The number of rotatable bonds is 6. The van der Waals surface area contributed by atoms with Gasteiger partial charge < -0.3 is 5.32 Å². The van der Waals surface area contributed by atoms with E-state index in [2.05, 4.69) is 31.8 Å². The van der Waals surface area contributed by atoms with Crippen molar-refractivity contribution in [3.63, 3.8) is 0 Å². The van der Waals surface area contributed by atoms with Crippen LogP contribution in [-0.4, -0.2) is 23.0 Å². The standard InChI is InChI=1S/C16H13BrN4O4/c17-13-7-6-11(8-14(13)21(24)25)10-18-20-16(23)9-15(22)19-12-4-2-1-3-5-12/h1-8,10H,9H2,(H,19,22)(H,20,23). The van der Waals surface area contributed by atoms with Crippen LogP contribution in [-0.2, 0) is 9.59 Å². The minimum atomic E-state index is -0.601. The van der Waals surface area contributed by atoms with Crippen molar-refractivity contribution in [1.29, 1.82) is 0 Å². The predicted molar refractivity (Wildman–Crippen MR) is 96.2 cm³/mol. The van der Waals surface area contributed by atoms with Crippen LogP contribution in [0.5, 0.6) is 0 Å². The van der Waals surface area contributed by atoms with Gasteiger partial charge in [0.1, 0.15) is 6.42 Å². The lowest BCUT2D eigenvalue weighted by atomic mass is 10.2. The second-order valence-electron chi connectivity index (χ2n) is 4.85. The Morgan fingerprint density at radius 2 is 1.88 bits per heavy atom. The number of para-hydroxylation sites is 1. The molecule has 2 amide bonds. The summed E-state index contributed by atoms with van der Waals surface area (Å²) in [5.74, 6) is -1.07. The summed E-state index contributed by atoms with van der Waals surface area (Å²) >= 11 is 3.08. The van der Waals surface area contributed by atoms with Gasteiger partial charge in [0.25, 0.3) is 5.69 Å². The van der Waals surface area contributed by atoms with Crippen LogP contribution in [0.4, 0.5) is 11.4 Å². The van der Waals surface area contributed by atoms with Crippen molar-refractivity contribution in [1.82, 2.24) is 5.43 Å². The van der Waals surface area contributed by atoms with Gasteiger partial charge in [-0.2, -0.15) is 5.10 Å². The average molecular weight is 405 g/mol. The minimum absolute atomic E-state index is 0.113. The van der Waals surface area contributed by atoms with Gasteiger partial charge in [-0.05, 0) is 34.1 Å². The molecule has 128 valence electrons. The zero-order valence-corrected chi connectivity index (χ0v) is 14.4. The molecule has 0 aliphatic heterocycles. The van der Waals surface area contributed by atoms with Crippen molar-refractivity contribution in [2.75, 3.05) is 5.32 Å². The van der Waals surface area contributed by atoms with Crippen LogP contribution < -0.4 is 10.7 Å². The van der Waals surface area contributed by atoms with Gasteiger partial charge in [-0.1, -0.05) is 24.3 Å². The first-order valence-corrected chi connectivity index (χ1v) is 7.86. The third-order valence-electron chi connectivity index (χ3n) is 2.95. The number of benzene rings is 2. The van der Waals surface area contributed by atoms with Crippen molar-refractivity contribution >= 4 is 45.3 Å². The highest BCUT2D eigenvalue weighted by Gasteiger charge is 2.12. The van der Waals surface area contributed by atoms with Crippen molar-refractivity contribution in [3.8, 4) is 0 Å². The Morgan fingerprint density at radius 1 is 1.16 bits per heavy atom. The molecule has 8 nitrogen and oxygen atoms in total. The molecule has 0 fully saturated rings. The van der Waals surface area contributed by atoms with Crippen molar-refractivity contribution in [2.24, 2.45) is 5.10 Å². The molecule has 0 atom stereocenters. The monoisotopic (exact) mass is 404 g/mol. The molecule has 0 bridgehead atoms. The molecule has 0 aliphatic rings. The van der Waals surface area contributed by atoms with Crippen LogP contribution in [0.25, 0.3) is 0 Å². The van der Waals surface area contributed by atoms with Crippen LogP contribution >= 0.6 is 15.9 Å². The maximum atomic E-state index is 11.7. The van der Waals surface area contributed by atoms with Gasteiger partial charge in [0.15, 0.2) is 0 Å². The fourth-order valence-electron chi connectivity index (χ4n) is 1.84. The highest BCUT2D eigenvalue weighted by Crippen LogP contribution is 2.24. The zero-order chi connectivity index (χ0) is 18.2. The van der Waals surface area contributed by atoms with E-state index in [1.807, 2.05) is 6.07 Å². The van der Waals surface area contributed by atoms with E-state index in [9.17, 15) is 19.7 Å². The van der Waals surface area contributed by atoms with E-state index in [-0.39, 0.29) is 5.69 Å². The molecule has 2 N–H and O–H groups in total. The summed E-state index contributed by atoms with van der Waals surface area (Å²) in [6, 6.07) is 13.1. The van der Waals surface area contributed by atoms with E-state index in [0.717, 1.165) is 0 Å². The molecule has 0 saturated carbocycles. The number of hydrogen-bond acceptors (Lipinski definition) is 5. The van der Waals surface area contributed by atoms with E-state index in [4.69, 9.17) is 0 Å². The first-order chi connectivity index (χ1) is 12.0. The Morgan fingerprint density at radius 3 is 2.56 bits per heavy atom. The number of carbonyl (C=O) groups excluding carboxylic acids is 2. The molecule has 25 heavy (non-hydrogen) atoms. The van der Waals surface area contributed by atoms with Crippen LogP contribution in [0.15, 0.2) is 58.1 Å². The van der Waals surface area contributed by atoms with Gasteiger partial charge >= 0.3 is 0 Å². The number of nitro groups is 1. The predicted octanol–water partition coefficient (Wildman–Crippen LogP) is 2.84. The van der Waals surface area contributed by atoms with Gasteiger partial charge in [0.05, 0.1) is 15.6 Å². The van der Waals surface area contributed by atoms with Crippen LogP contribution in [0.3, 0.4) is 0 Å². The number of amides is 2. The number of anilines is 1. The third-order valence-corrected chi connectivity index (χ3v) is 3.62. The summed E-state index contributed by atoms with van der Waals surface area (Å²) < 4.78 is 0.344. The average Bonchev–Trinajstić information content (AvgIpc) is 2.56. The molecule has 0 aromatic heterocycles. The molecule has 0 spiro atoms. The third kappa shape index (κ3) is 5.81. The fraction of sp³-hybridized carbons (Fsp3) is 0.0625. The molecule has 0 unspecified atom stereocenters. The highest BCUT2D eigenvalue weighted by atomic mass is 79.9. The second-order valence-corrected chi connectivity index (χ2v) is 5.71. The van der Waals surface area contributed by atoms with Gasteiger partial charge in [-0.3, -0.25) is 19.7 Å². The SMILES string of the molecule is O=C(CC(=O)Nc1ccccc1)NN=Cc1ccc(Br)c([N+](=O)[O-])c1. The first-order valence-electron chi connectivity index (χ1n) is 7.06. The van der Waals surface area contributed by atoms with Crippen molar-refractivity contribution < 1.29 is 14.5 Å². The second kappa shape index (κ2) is 8.69. The van der Waals surface area contributed by atoms with Crippen molar-refractivity contribution in [2.45, 2.75) is 6.42 Å². The number of hydrogen-bond donors (Lipinski definition) is 2. The van der Waals surface area contributed by atoms with Gasteiger partial charge in [-0.25, -0.2) is 5.43 Å². The Labute approximate surface area is 151 Å². The zero-order valence-electron chi connectivity index (χ0n) is 12.8. The quantitative estimate of drug-likeness (QED) is 0.333. The van der Waals surface area contributed by atoms with E-state index in [1.165, 1.54) is 18.3 Å². The number of halogens is 1. The fourth-order valence-corrected chi connectivity index (χ4v) is 2.23. The molecular weight excluding hydrogens is 392 g/mol. The summed E-state index contributed by atoms with van der Waals surface area (Å²) in [5.41, 5.74) is 3.11. The number of carbonyl (C=O) groups is 2.